The van der Waals surface area contributed by atoms with Crippen molar-refractivity contribution in [2.24, 2.45) is 0 Å². The molecule has 0 spiro atoms. The van der Waals surface area contributed by atoms with Gasteiger partial charge in [0.1, 0.15) is 11.3 Å². The van der Waals surface area contributed by atoms with Crippen LogP contribution in [0.2, 0.25) is 0 Å². The lowest BCUT2D eigenvalue weighted by atomic mass is 10.1. The lowest BCUT2D eigenvalue weighted by Gasteiger charge is -2.27. The second-order valence-corrected chi connectivity index (χ2v) is 5.73. The molecule has 1 N–H and O–H groups in total. The van der Waals surface area contributed by atoms with Gasteiger partial charge in [0.05, 0.1) is 7.11 Å². The summed E-state index contributed by atoms with van der Waals surface area (Å²) < 4.78 is 5.37. The highest BCUT2D eigenvalue weighted by Gasteiger charge is 2.32. The van der Waals surface area contributed by atoms with E-state index >= 15 is 0 Å². The largest absolute Gasteiger partial charge is 0.496 e. The zero-order chi connectivity index (χ0) is 17.9. The van der Waals surface area contributed by atoms with Crippen LogP contribution in [-0.4, -0.2) is 49.6 Å². The lowest BCUT2D eigenvalue weighted by Crippen LogP contribution is -2.53. The Morgan fingerprint density at radius 3 is 2.67 bits per heavy atom. The minimum Gasteiger partial charge on any atom is -0.496 e. The Morgan fingerprint density at radius 1 is 1.38 bits per heavy atom. The van der Waals surface area contributed by atoms with Crippen LogP contribution in [0.4, 0.5) is 5.69 Å². The maximum absolute atomic E-state index is 12.5. The highest BCUT2D eigenvalue weighted by molar-refractivity contribution is 7.80. The van der Waals surface area contributed by atoms with Crippen LogP contribution in [0.3, 0.4) is 0 Å². The molecule has 1 fully saturated rings. The molecule has 24 heavy (non-hydrogen) atoms. The number of hydrogen-bond donors (Lipinski definition) is 1. The number of hydrogen-bond acceptors (Lipinski definition) is 5. The Balaban J connectivity index is 2.45. The van der Waals surface area contributed by atoms with E-state index in [2.05, 4.69) is 11.9 Å². The van der Waals surface area contributed by atoms with Crippen molar-refractivity contribution in [1.82, 2.24) is 10.2 Å². The van der Waals surface area contributed by atoms with Gasteiger partial charge in [-0.25, -0.2) is 0 Å². The third kappa shape index (κ3) is 3.46. The van der Waals surface area contributed by atoms with Gasteiger partial charge in [-0.15, -0.1) is 6.58 Å². The minimum atomic E-state index is -0.524. The van der Waals surface area contributed by atoms with Crippen molar-refractivity contribution in [3.8, 4) is 5.75 Å². The summed E-state index contributed by atoms with van der Waals surface area (Å²) in [5.41, 5.74) is 1.58. The third-order valence-corrected chi connectivity index (χ3v) is 3.85. The molecular weight excluding hydrogens is 326 g/mol. The number of thiocarbonyl (C=S) groups is 1. The number of methoxy groups -OCH3 is 1. The summed E-state index contributed by atoms with van der Waals surface area (Å²) in [4.78, 5) is 27.9. The summed E-state index contributed by atoms with van der Waals surface area (Å²) in [5, 5.41) is 2.60. The van der Waals surface area contributed by atoms with Gasteiger partial charge in [0, 0.05) is 38.0 Å². The topological polar surface area (TPSA) is 61.9 Å². The average molecular weight is 345 g/mol. The Hall–Kier alpha value is -2.67. The molecule has 1 aliphatic heterocycles. The summed E-state index contributed by atoms with van der Waals surface area (Å²) in [6.07, 6.45) is 3.06. The van der Waals surface area contributed by atoms with Gasteiger partial charge in [0.25, 0.3) is 11.8 Å². The molecule has 126 valence electrons. The fourth-order valence-electron chi connectivity index (χ4n) is 2.24. The van der Waals surface area contributed by atoms with E-state index in [1.54, 1.807) is 19.3 Å². The van der Waals surface area contributed by atoms with Crippen LogP contribution < -0.4 is 15.0 Å². The minimum absolute atomic E-state index is 0.00125. The van der Waals surface area contributed by atoms with Gasteiger partial charge in [-0.1, -0.05) is 6.08 Å². The zero-order valence-corrected chi connectivity index (χ0v) is 14.6. The molecule has 1 saturated heterocycles. The molecule has 1 aromatic rings. The van der Waals surface area contributed by atoms with E-state index in [4.69, 9.17) is 17.0 Å². The zero-order valence-electron chi connectivity index (χ0n) is 13.8. The van der Waals surface area contributed by atoms with Gasteiger partial charge in [-0.2, -0.15) is 0 Å². The third-order valence-electron chi connectivity index (χ3n) is 3.53. The monoisotopic (exact) mass is 345 g/mol. The van der Waals surface area contributed by atoms with E-state index < -0.39 is 11.8 Å². The molecule has 0 aliphatic carbocycles. The first-order valence-corrected chi connectivity index (χ1v) is 7.65. The van der Waals surface area contributed by atoms with Gasteiger partial charge >= 0.3 is 0 Å². The molecule has 2 amide bonds. The number of amides is 2. The van der Waals surface area contributed by atoms with Crippen molar-refractivity contribution in [2.75, 3.05) is 32.6 Å². The normalized spacial score (nSPS) is 16.2. The fourth-order valence-corrected chi connectivity index (χ4v) is 2.49. The van der Waals surface area contributed by atoms with Crippen LogP contribution in [0, 0.1) is 0 Å². The number of nitrogens with zero attached hydrogens (tertiary/aromatic N) is 2. The summed E-state index contributed by atoms with van der Waals surface area (Å²) in [6, 6.07) is 5.52. The van der Waals surface area contributed by atoms with Crippen molar-refractivity contribution < 1.29 is 14.3 Å². The second kappa shape index (κ2) is 7.27. The molecule has 0 aromatic heterocycles. The molecule has 1 heterocycles. The van der Waals surface area contributed by atoms with Crippen molar-refractivity contribution in [2.45, 2.75) is 0 Å². The van der Waals surface area contributed by atoms with Gasteiger partial charge < -0.3 is 9.64 Å². The molecule has 0 saturated carbocycles. The second-order valence-electron chi connectivity index (χ2n) is 5.34. The van der Waals surface area contributed by atoms with E-state index in [0.29, 0.717) is 11.3 Å². The maximum atomic E-state index is 12.5. The van der Waals surface area contributed by atoms with Crippen LogP contribution in [0.5, 0.6) is 5.75 Å². The van der Waals surface area contributed by atoms with E-state index in [9.17, 15) is 9.59 Å². The fraction of sp³-hybridized carbons (Fsp3) is 0.235. The number of carbonyl (C=O) groups is 2. The van der Waals surface area contributed by atoms with Gasteiger partial charge in [-0.3, -0.25) is 19.8 Å². The number of benzene rings is 1. The molecule has 1 aliphatic rings. The predicted octanol–water partition coefficient (Wildman–Crippen LogP) is 1.57. The highest BCUT2D eigenvalue weighted by Crippen LogP contribution is 2.27. The van der Waals surface area contributed by atoms with Crippen LogP contribution >= 0.6 is 12.2 Å². The summed E-state index contributed by atoms with van der Waals surface area (Å²) in [5.74, 6) is -0.413. The molecule has 0 unspecified atom stereocenters. The summed E-state index contributed by atoms with van der Waals surface area (Å²) >= 11 is 5.03. The quantitative estimate of drug-likeness (QED) is 0.380. The first kappa shape index (κ1) is 17.7. The van der Waals surface area contributed by atoms with Crippen molar-refractivity contribution >= 4 is 40.9 Å². The highest BCUT2D eigenvalue weighted by atomic mass is 32.1. The number of carbonyl (C=O) groups excluding carboxylic acids is 2. The Labute approximate surface area is 146 Å². The Bertz CT molecular complexity index is 741. The molecule has 7 heteroatoms. The van der Waals surface area contributed by atoms with Crippen molar-refractivity contribution in [1.29, 1.82) is 0 Å². The van der Waals surface area contributed by atoms with Gasteiger partial charge in [0.2, 0.25) is 0 Å². The number of anilines is 1. The van der Waals surface area contributed by atoms with E-state index in [-0.39, 0.29) is 17.2 Å². The summed E-state index contributed by atoms with van der Waals surface area (Å²) in [6.45, 7) is 3.82. The molecule has 0 radical (unpaired) electrons. The number of rotatable bonds is 5. The maximum Gasteiger partial charge on any atom is 0.265 e. The van der Waals surface area contributed by atoms with Crippen LogP contribution in [0.15, 0.2) is 36.4 Å². The number of ether oxygens (including phenoxy) is 1. The number of nitrogens with one attached hydrogen (secondary N) is 1. The van der Waals surface area contributed by atoms with E-state index in [0.717, 1.165) is 5.69 Å². The smallest absolute Gasteiger partial charge is 0.265 e. The van der Waals surface area contributed by atoms with E-state index in [1.165, 1.54) is 11.0 Å². The predicted molar refractivity (Wildman–Crippen MR) is 97.9 cm³/mol. The Kier molecular flexibility index (Phi) is 5.35. The van der Waals surface area contributed by atoms with E-state index in [1.807, 2.05) is 31.1 Å². The molecule has 0 atom stereocenters. The SMILES string of the molecule is C=CCN1C(=O)C(=Cc2ccc(N(C)C)cc2OC)C(=O)NC1=S. The first-order valence-electron chi connectivity index (χ1n) is 7.24. The molecular formula is C17H19N3O3S. The lowest BCUT2D eigenvalue weighted by molar-refractivity contribution is -0.128. The Morgan fingerprint density at radius 2 is 2.08 bits per heavy atom. The molecule has 0 bridgehead atoms. The molecule has 2 rings (SSSR count). The van der Waals surface area contributed by atoms with Crippen molar-refractivity contribution in [3.05, 3.63) is 42.0 Å². The van der Waals surface area contributed by atoms with Crippen LogP contribution in [0.25, 0.3) is 6.08 Å². The van der Waals surface area contributed by atoms with Crippen molar-refractivity contribution in [3.63, 3.8) is 0 Å². The van der Waals surface area contributed by atoms with Gasteiger partial charge in [-0.05, 0) is 30.4 Å². The molecule has 6 nitrogen and oxygen atoms in total. The first-order chi connectivity index (χ1) is 11.4. The summed E-state index contributed by atoms with van der Waals surface area (Å²) in [7, 11) is 5.37. The van der Waals surface area contributed by atoms with Crippen LogP contribution in [-0.2, 0) is 9.59 Å². The van der Waals surface area contributed by atoms with Crippen LogP contribution in [0.1, 0.15) is 5.56 Å². The molecule has 1 aromatic carbocycles. The van der Waals surface area contributed by atoms with Gasteiger partial charge in [0.15, 0.2) is 5.11 Å². The standard InChI is InChI=1S/C17H19N3O3S/c1-5-8-20-16(22)13(15(21)18-17(20)24)9-11-6-7-12(19(2)3)10-14(11)23-4/h5-7,9-10H,1,8H2,2-4H3,(H,18,21,24). The average Bonchev–Trinajstić information content (AvgIpc) is 2.55.